The number of hydrogen-bond donors (Lipinski definition) is 0. The summed E-state index contributed by atoms with van der Waals surface area (Å²) < 4.78 is 5.42. The lowest BCUT2D eigenvalue weighted by Gasteiger charge is -2.47. The van der Waals surface area contributed by atoms with Gasteiger partial charge >= 0.3 is 6.09 Å². The fraction of sp³-hybridized carbons (Fsp3) is 0.846. The number of aldehydes is 1. The molecule has 1 aliphatic carbocycles. The summed E-state index contributed by atoms with van der Waals surface area (Å²) in [6, 6.07) is 0. The molecule has 1 heterocycles. The summed E-state index contributed by atoms with van der Waals surface area (Å²) in [5, 5.41) is 0. The van der Waals surface area contributed by atoms with Crippen LogP contribution in [-0.2, 0) is 9.53 Å². The minimum Gasteiger partial charge on any atom is -0.444 e. The van der Waals surface area contributed by atoms with E-state index in [9.17, 15) is 9.59 Å². The first-order valence-electron chi connectivity index (χ1n) is 6.35. The Morgan fingerprint density at radius 3 is 2.47 bits per heavy atom. The third-order valence-corrected chi connectivity index (χ3v) is 3.89. The number of carbonyl (C=O) groups excluding carboxylic acids is 2. The second-order valence-electron chi connectivity index (χ2n) is 6.12. The van der Waals surface area contributed by atoms with Crippen LogP contribution >= 0.6 is 0 Å². The number of amides is 1. The van der Waals surface area contributed by atoms with Gasteiger partial charge in [-0.05, 0) is 46.5 Å². The van der Waals surface area contributed by atoms with Crippen molar-refractivity contribution in [1.29, 1.82) is 0 Å². The number of ether oxygens (including phenoxy) is 1. The minimum absolute atomic E-state index is 0.00349. The smallest absolute Gasteiger partial charge is 0.410 e. The maximum absolute atomic E-state index is 12.1. The zero-order valence-corrected chi connectivity index (χ0v) is 10.9. The van der Waals surface area contributed by atoms with Crippen molar-refractivity contribution in [3.05, 3.63) is 0 Å². The molecule has 2 rings (SSSR count). The molecule has 0 radical (unpaired) electrons. The molecular formula is C13H21NO3. The monoisotopic (exact) mass is 239 g/mol. The van der Waals surface area contributed by atoms with Gasteiger partial charge < -0.3 is 14.4 Å². The lowest BCUT2D eigenvalue weighted by atomic mass is 9.69. The Morgan fingerprint density at radius 1 is 1.41 bits per heavy atom. The van der Waals surface area contributed by atoms with E-state index < -0.39 is 5.60 Å². The van der Waals surface area contributed by atoms with Crippen LogP contribution in [0, 0.1) is 5.92 Å². The molecule has 1 aliphatic heterocycles. The molecule has 2 fully saturated rings. The highest BCUT2D eigenvalue weighted by molar-refractivity contribution is 5.72. The fourth-order valence-electron chi connectivity index (χ4n) is 2.92. The van der Waals surface area contributed by atoms with Gasteiger partial charge in [0.15, 0.2) is 0 Å². The third kappa shape index (κ3) is 2.05. The first-order chi connectivity index (χ1) is 7.89. The molecule has 1 unspecified atom stereocenters. The van der Waals surface area contributed by atoms with Crippen LogP contribution in [0.4, 0.5) is 4.79 Å². The van der Waals surface area contributed by atoms with Gasteiger partial charge in [-0.2, -0.15) is 0 Å². The molecule has 4 heteroatoms. The van der Waals surface area contributed by atoms with Gasteiger partial charge in [-0.15, -0.1) is 0 Å². The fourth-order valence-corrected chi connectivity index (χ4v) is 2.92. The molecule has 0 aromatic heterocycles. The summed E-state index contributed by atoms with van der Waals surface area (Å²) in [5.41, 5.74) is -0.689. The highest BCUT2D eigenvalue weighted by Gasteiger charge is 2.55. The first-order valence-corrected chi connectivity index (χ1v) is 6.35. The molecule has 0 aromatic carbocycles. The molecule has 1 saturated carbocycles. The molecule has 0 aromatic rings. The summed E-state index contributed by atoms with van der Waals surface area (Å²) >= 11 is 0. The first kappa shape index (κ1) is 12.4. The van der Waals surface area contributed by atoms with E-state index in [1.807, 2.05) is 20.8 Å². The maximum Gasteiger partial charge on any atom is 0.410 e. The average Bonchev–Trinajstić information content (AvgIpc) is 2.52. The van der Waals surface area contributed by atoms with Gasteiger partial charge in [0.2, 0.25) is 0 Å². The highest BCUT2D eigenvalue weighted by Crippen LogP contribution is 2.48. The Bertz CT molecular complexity index is 328. The average molecular weight is 239 g/mol. The standard InChI is InChI=1S/C13H21NO3/c1-12(2,3)17-11(16)14-8-5-10(9-15)13(14)6-4-7-13/h9-10H,4-8H2,1-3H3. The second kappa shape index (κ2) is 4.00. The van der Waals surface area contributed by atoms with Crippen LogP contribution in [0.1, 0.15) is 46.5 Å². The zero-order valence-electron chi connectivity index (χ0n) is 10.9. The molecular weight excluding hydrogens is 218 g/mol. The van der Waals surface area contributed by atoms with E-state index in [1.54, 1.807) is 4.90 Å². The molecule has 2 aliphatic rings. The lowest BCUT2D eigenvalue weighted by molar-refractivity contribution is -0.115. The molecule has 1 spiro atoms. The molecule has 4 nitrogen and oxygen atoms in total. The van der Waals surface area contributed by atoms with Crippen molar-refractivity contribution in [3.8, 4) is 0 Å². The quantitative estimate of drug-likeness (QED) is 0.660. The van der Waals surface area contributed by atoms with E-state index in [1.165, 1.54) is 0 Å². The van der Waals surface area contributed by atoms with Crippen LogP contribution in [-0.4, -0.2) is 35.0 Å². The van der Waals surface area contributed by atoms with E-state index in [4.69, 9.17) is 4.74 Å². The van der Waals surface area contributed by atoms with Crippen molar-refractivity contribution in [3.63, 3.8) is 0 Å². The number of likely N-dealkylation sites (tertiary alicyclic amines) is 1. The van der Waals surface area contributed by atoms with Crippen LogP contribution in [0.5, 0.6) is 0 Å². The van der Waals surface area contributed by atoms with Gasteiger partial charge in [0.1, 0.15) is 11.9 Å². The van der Waals surface area contributed by atoms with E-state index in [2.05, 4.69) is 0 Å². The number of carbonyl (C=O) groups is 2. The Labute approximate surface area is 102 Å². The van der Waals surface area contributed by atoms with Gasteiger partial charge in [0.05, 0.1) is 5.54 Å². The Balaban J connectivity index is 2.11. The third-order valence-electron chi connectivity index (χ3n) is 3.89. The van der Waals surface area contributed by atoms with Gasteiger partial charge in [0, 0.05) is 12.5 Å². The van der Waals surface area contributed by atoms with Gasteiger partial charge in [0.25, 0.3) is 0 Å². The van der Waals surface area contributed by atoms with Gasteiger partial charge in [-0.3, -0.25) is 0 Å². The summed E-state index contributed by atoms with van der Waals surface area (Å²) in [6.07, 6.45) is 4.52. The second-order valence-corrected chi connectivity index (χ2v) is 6.12. The maximum atomic E-state index is 12.1. The van der Waals surface area contributed by atoms with E-state index >= 15 is 0 Å². The molecule has 1 atom stereocenters. The molecule has 1 amide bonds. The summed E-state index contributed by atoms with van der Waals surface area (Å²) in [6.45, 7) is 6.25. The van der Waals surface area contributed by atoms with Crippen LogP contribution in [0.25, 0.3) is 0 Å². The van der Waals surface area contributed by atoms with Crippen molar-refractivity contribution < 1.29 is 14.3 Å². The van der Waals surface area contributed by atoms with Crippen LogP contribution in [0.3, 0.4) is 0 Å². The Hall–Kier alpha value is -1.06. The molecule has 17 heavy (non-hydrogen) atoms. The number of rotatable bonds is 1. The molecule has 0 N–H and O–H groups in total. The zero-order chi connectivity index (χ0) is 12.7. The van der Waals surface area contributed by atoms with Gasteiger partial charge in [-0.1, -0.05) is 0 Å². The van der Waals surface area contributed by atoms with Crippen molar-refractivity contribution in [1.82, 2.24) is 4.90 Å². The largest absolute Gasteiger partial charge is 0.444 e. The van der Waals surface area contributed by atoms with E-state index in [-0.39, 0.29) is 17.6 Å². The van der Waals surface area contributed by atoms with Crippen LogP contribution < -0.4 is 0 Å². The normalized spacial score (nSPS) is 26.8. The predicted octanol–water partition coefficient (Wildman–Crippen LogP) is 2.37. The van der Waals surface area contributed by atoms with Crippen LogP contribution in [0.2, 0.25) is 0 Å². The highest BCUT2D eigenvalue weighted by atomic mass is 16.6. The van der Waals surface area contributed by atoms with E-state index in [0.29, 0.717) is 6.54 Å². The summed E-state index contributed by atoms with van der Waals surface area (Å²) in [7, 11) is 0. The Kier molecular flexibility index (Phi) is 2.92. The van der Waals surface area contributed by atoms with Crippen molar-refractivity contribution in [2.45, 2.75) is 57.6 Å². The Morgan fingerprint density at radius 2 is 2.06 bits per heavy atom. The van der Waals surface area contributed by atoms with Crippen molar-refractivity contribution >= 4 is 12.4 Å². The number of hydrogen-bond acceptors (Lipinski definition) is 3. The van der Waals surface area contributed by atoms with Crippen molar-refractivity contribution in [2.24, 2.45) is 5.92 Å². The summed E-state index contributed by atoms with van der Waals surface area (Å²) in [5.74, 6) is 0.00349. The molecule has 0 bridgehead atoms. The topological polar surface area (TPSA) is 46.6 Å². The summed E-state index contributed by atoms with van der Waals surface area (Å²) in [4.78, 5) is 25.0. The van der Waals surface area contributed by atoms with Crippen molar-refractivity contribution in [2.75, 3.05) is 6.54 Å². The number of nitrogens with zero attached hydrogens (tertiary/aromatic N) is 1. The SMILES string of the molecule is CC(C)(C)OC(=O)N1CCC(C=O)C12CCC2. The van der Waals surface area contributed by atoms with E-state index in [0.717, 1.165) is 32.0 Å². The molecule has 1 saturated heterocycles. The minimum atomic E-state index is -0.471. The lowest BCUT2D eigenvalue weighted by Crippen LogP contribution is -2.56. The predicted molar refractivity (Wildman–Crippen MR) is 63.7 cm³/mol. The van der Waals surface area contributed by atoms with Crippen LogP contribution in [0.15, 0.2) is 0 Å². The van der Waals surface area contributed by atoms with Gasteiger partial charge in [-0.25, -0.2) is 4.79 Å². The molecule has 96 valence electrons.